The summed E-state index contributed by atoms with van der Waals surface area (Å²) in [5.41, 5.74) is 0. The van der Waals surface area contributed by atoms with Crippen molar-refractivity contribution < 1.29 is 9.47 Å². The fourth-order valence-electron chi connectivity index (χ4n) is 1.71. The number of rotatable bonds is 4. The van der Waals surface area contributed by atoms with Gasteiger partial charge in [-0.05, 0) is 6.92 Å². The van der Waals surface area contributed by atoms with Crippen molar-refractivity contribution in [2.24, 2.45) is 0 Å². The zero-order valence-electron chi connectivity index (χ0n) is 9.80. The summed E-state index contributed by atoms with van der Waals surface area (Å²) < 4.78 is 11.0. The van der Waals surface area contributed by atoms with E-state index in [1.165, 1.54) is 0 Å². The third kappa shape index (κ3) is 3.29. The van der Waals surface area contributed by atoms with Crippen LogP contribution in [0.15, 0.2) is 12.3 Å². The first-order valence-electron chi connectivity index (χ1n) is 5.72. The van der Waals surface area contributed by atoms with Gasteiger partial charge in [0.1, 0.15) is 0 Å². The Bertz CT molecular complexity index is 364. The molecule has 2 rings (SSSR count). The molecule has 1 aromatic heterocycles. The van der Waals surface area contributed by atoms with E-state index in [9.17, 15) is 0 Å². The van der Waals surface area contributed by atoms with Gasteiger partial charge in [-0.15, -0.1) is 0 Å². The number of aromatic nitrogens is 2. The molecule has 6 heteroatoms. The van der Waals surface area contributed by atoms with Crippen LogP contribution in [0, 0.1) is 0 Å². The van der Waals surface area contributed by atoms with E-state index in [0.29, 0.717) is 25.0 Å². The molecule has 0 saturated carbocycles. The van der Waals surface area contributed by atoms with Crippen molar-refractivity contribution in [3.8, 4) is 5.88 Å². The topological polar surface area (TPSA) is 47.5 Å². The molecular weight excluding hydrogens is 286 g/mol. The third-order valence-corrected chi connectivity index (χ3v) is 3.23. The van der Waals surface area contributed by atoms with Crippen LogP contribution in [-0.2, 0) is 4.74 Å². The van der Waals surface area contributed by atoms with Crippen molar-refractivity contribution in [2.45, 2.75) is 13.0 Å². The highest BCUT2D eigenvalue weighted by Gasteiger charge is 2.21. The first kappa shape index (κ1) is 12.6. The number of nitrogens with zero attached hydrogens (tertiary/aromatic N) is 3. The van der Waals surface area contributed by atoms with Crippen LogP contribution in [0.4, 0.5) is 5.95 Å². The van der Waals surface area contributed by atoms with Crippen molar-refractivity contribution in [1.82, 2.24) is 9.97 Å². The molecule has 5 nitrogen and oxygen atoms in total. The Balaban J connectivity index is 2.07. The molecule has 0 aromatic carbocycles. The van der Waals surface area contributed by atoms with Crippen LogP contribution in [0.1, 0.15) is 6.92 Å². The van der Waals surface area contributed by atoms with E-state index in [2.05, 4.69) is 30.8 Å². The minimum Gasteiger partial charge on any atom is -0.478 e. The van der Waals surface area contributed by atoms with Crippen molar-refractivity contribution in [2.75, 3.05) is 36.5 Å². The molecule has 1 saturated heterocycles. The van der Waals surface area contributed by atoms with E-state index in [1.54, 1.807) is 12.3 Å². The number of morpholine rings is 1. The minimum absolute atomic E-state index is 0.197. The first-order valence-corrected chi connectivity index (χ1v) is 6.84. The third-order valence-electron chi connectivity index (χ3n) is 2.50. The fourth-order valence-corrected chi connectivity index (χ4v) is 2.10. The van der Waals surface area contributed by atoms with Crippen LogP contribution in [0.3, 0.4) is 0 Å². The zero-order chi connectivity index (χ0) is 12.1. The summed E-state index contributed by atoms with van der Waals surface area (Å²) in [5, 5.41) is 0.828. The molecule has 0 radical (unpaired) electrons. The monoisotopic (exact) mass is 301 g/mol. The van der Waals surface area contributed by atoms with Gasteiger partial charge in [-0.2, -0.15) is 4.98 Å². The van der Waals surface area contributed by atoms with Gasteiger partial charge >= 0.3 is 0 Å². The summed E-state index contributed by atoms with van der Waals surface area (Å²) in [6.07, 6.45) is 1.93. The van der Waals surface area contributed by atoms with E-state index in [1.807, 2.05) is 6.92 Å². The van der Waals surface area contributed by atoms with Crippen LogP contribution >= 0.6 is 15.9 Å². The molecule has 0 bridgehead atoms. The van der Waals surface area contributed by atoms with Gasteiger partial charge in [0.15, 0.2) is 0 Å². The van der Waals surface area contributed by atoms with Crippen LogP contribution in [0.2, 0.25) is 0 Å². The van der Waals surface area contributed by atoms with E-state index in [-0.39, 0.29) is 6.10 Å². The lowest BCUT2D eigenvalue weighted by molar-refractivity contribution is 0.0564. The summed E-state index contributed by atoms with van der Waals surface area (Å²) in [7, 11) is 0. The molecule has 0 amide bonds. The maximum Gasteiger partial charge on any atom is 0.228 e. The predicted molar refractivity (Wildman–Crippen MR) is 68.9 cm³/mol. The van der Waals surface area contributed by atoms with Crippen LogP contribution in [0.25, 0.3) is 0 Å². The number of halogens is 1. The molecule has 1 aliphatic rings. The van der Waals surface area contributed by atoms with Gasteiger partial charge in [0.25, 0.3) is 0 Å². The summed E-state index contributed by atoms with van der Waals surface area (Å²) in [4.78, 5) is 10.8. The van der Waals surface area contributed by atoms with E-state index >= 15 is 0 Å². The van der Waals surface area contributed by atoms with Crippen LogP contribution < -0.4 is 9.64 Å². The SMILES string of the molecule is CCOc1ccnc(N2CCOC(CBr)C2)n1. The average Bonchev–Trinajstić information content (AvgIpc) is 2.40. The standard InChI is InChI=1S/C11H16BrN3O2/c1-2-16-10-3-4-13-11(14-10)15-5-6-17-9(7-12)8-15/h3-4,9H,2,5-8H2,1H3. The van der Waals surface area contributed by atoms with E-state index < -0.39 is 0 Å². The van der Waals surface area contributed by atoms with Gasteiger partial charge in [0.05, 0.1) is 19.3 Å². The van der Waals surface area contributed by atoms with E-state index in [0.717, 1.165) is 18.4 Å². The molecular formula is C11H16BrN3O2. The number of alkyl halides is 1. The predicted octanol–water partition coefficient (Wildman–Crippen LogP) is 1.48. The maximum atomic E-state index is 5.58. The van der Waals surface area contributed by atoms with Crippen molar-refractivity contribution in [3.05, 3.63) is 12.3 Å². The van der Waals surface area contributed by atoms with Crippen molar-refractivity contribution >= 4 is 21.9 Å². The molecule has 17 heavy (non-hydrogen) atoms. The van der Waals surface area contributed by atoms with Gasteiger partial charge in [-0.1, -0.05) is 15.9 Å². The second kappa shape index (κ2) is 6.16. The Labute approximate surface area is 109 Å². The van der Waals surface area contributed by atoms with Crippen molar-refractivity contribution in [3.63, 3.8) is 0 Å². The lowest BCUT2D eigenvalue weighted by Gasteiger charge is -2.32. The molecule has 2 heterocycles. The Morgan fingerprint density at radius 2 is 2.53 bits per heavy atom. The summed E-state index contributed by atoms with van der Waals surface area (Å²) in [6.45, 7) is 4.89. The van der Waals surface area contributed by atoms with Gasteiger partial charge in [-0.3, -0.25) is 0 Å². The zero-order valence-corrected chi connectivity index (χ0v) is 11.4. The Morgan fingerprint density at radius 3 is 3.29 bits per heavy atom. The molecule has 1 unspecified atom stereocenters. The average molecular weight is 302 g/mol. The van der Waals surface area contributed by atoms with Gasteiger partial charge in [0, 0.05) is 30.7 Å². The molecule has 1 atom stereocenters. The highest BCUT2D eigenvalue weighted by molar-refractivity contribution is 9.09. The lowest BCUT2D eigenvalue weighted by atomic mass is 10.3. The molecule has 1 aromatic rings. The quantitative estimate of drug-likeness (QED) is 0.788. The highest BCUT2D eigenvalue weighted by Crippen LogP contribution is 2.16. The Hall–Kier alpha value is -0.880. The maximum absolute atomic E-state index is 5.58. The van der Waals surface area contributed by atoms with Crippen molar-refractivity contribution in [1.29, 1.82) is 0 Å². The molecule has 0 spiro atoms. The van der Waals surface area contributed by atoms with Crippen LogP contribution in [-0.4, -0.2) is 47.7 Å². The molecule has 94 valence electrons. The Morgan fingerprint density at radius 1 is 1.65 bits per heavy atom. The highest BCUT2D eigenvalue weighted by atomic mass is 79.9. The second-order valence-corrected chi connectivity index (χ2v) is 4.37. The number of hydrogen-bond donors (Lipinski definition) is 0. The minimum atomic E-state index is 0.197. The van der Waals surface area contributed by atoms with Gasteiger partial charge < -0.3 is 14.4 Å². The smallest absolute Gasteiger partial charge is 0.228 e. The largest absolute Gasteiger partial charge is 0.478 e. The summed E-state index contributed by atoms with van der Waals surface area (Å²) in [5.74, 6) is 1.34. The van der Waals surface area contributed by atoms with E-state index in [4.69, 9.17) is 9.47 Å². The number of ether oxygens (including phenoxy) is 2. The van der Waals surface area contributed by atoms with Crippen LogP contribution in [0.5, 0.6) is 5.88 Å². The van der Waals surface area contributed by atoms with Gasteiger partial charge in [-0.25, -0.2) is 4.98 Å². The molecule has 1 aliphatic heterocycles. The molecule has 0 N–H and O–H groups in total. The molecule has 1 fully saturated rings. The number of anilines is 1. The fraction of sp³-hybridized carbons (Fsp3) is 0.636. The first-order chi connectivity index (χ1) is 8.33. The normalized spacial score (nSPS) is 20.4. The number of hydrogen-bond acceptors (Lipinski definition) is 5. The van der Waals surface area contributed by atoms with Gasteiger partial charge in [0.2, 0.25) is 11.8 Å². The summed E-state index contributed by atoms with van der Waals surface area (Å²) in [6, 6.07) is 1.77. The summed E-state index contributed by atoms with van der Waals surface area (Å²) >= 11 is 3.43. The Kier molecular flexibility index (Phi) is 4.56. The lowest BCUT2D eigenvalue weighted by Crippen LogP contribution is -2.44. The second-order valence-electron chi connectivity index (χ2n) is 3.72. The molecule has 0 aliphatic carbocycles.